The molecule has 0 radical (unpaired) electrons. The van der Waals surface area contributed by atoms with Gasteiger partial charge in [-0.2, -0.15) is 0 Å². The number of aromatic hydroxyl groups is 1. The Morgan fingerprint density at radius 1 is 1.18 bits per heavy atom. The van der Waals surface area contributed by atoms with Crippen molar-refractivity contribution in [2.45, 2.75) is 26.8 Å². The van der Waals surface area contributed by atoms with Crippen LogP contribution in [0.1, 0.15) is 55.6 Å². The average Bonchev–Trinajstić information content (AvgIpc) is 3.33. The molecule has 0 fully saturated rings. The predicted octanol–water partition coefficient (Wildman–Crippen LogP) is 4.50. The fourth-order valence-electron chi connectivity index (χ4n) is 4.13. The van der Waals surface area contributed by atoms with Crippen LogP contribution in [-0.2, 0) is 4.74 Å². The van der Waals surface area contributed by atoms with Gasteiger partial charge in [0.15, 0.2) is 10.6 Å². The molecule has 1 aliphatic rings. The fourth-order valence-corrected chi connectivity index (χ4v) is 5.11. The lowest BCUT2D eigenvalue weighted by molar-refractivity contribution is 0.0531. The first kappa shape index (κ1) is 21.8. The van der Waals surface area contributed by atoms with Crippen molar-refractivity contribution in [3.05, 3.63) is 85.7 Å². The minimum absolute atomic E-state index is 0.0516. The Morgan fingerprint density at radius 2 is 1.91 bits per heavy atom. The van der Waals surface area contributed by atoms with E-state index < -0.39 is 17.9 Å². The molecule has 1 aliphatic heterocycles. The number of aromatic nitrogens is 1. The quantitative estimate of drug-likeness (QED) is 0.432. The number of amides is 1. The molecule has 0 spiro atoms. The fraction of sp³-hybridized carbons (Fsp3) is 0.200. The molecule has 172 valence electrons. The lowest BCUT2D eigenvalue weighted by atomic mass is 9.98. The van der Waals surface area contributed by atoms with Gasteiger partial charge < -0.3 is 14.3 Å². The van der Waals surface area contributed by atoms with E-state index in [1.165, 1.54) is 17.0 Å². The summed E-state index contributed by atoms with van der Waals surface area (Å²) in [6.07, 6.45) is 0. The smallest absolute Gasteiger partial charge is 0.350 e. The van der Waals surface area contributed by atoms with Gasteiger partial charge in [-0.25, -0.2) is 9.78 Å². The zero-order chi connectivity index (χ0) is 24.1. The van der Waals surface area contributed by atoms with Crippen LogP contribution in [0.15, 0.2) is 51.7 Å². The minimum Gasteiger partial charge on any atom is -0.508 e. The number of phenols is 1. The topological polar surface area (TPSA) is 110 Å². The molecule has 0 aliphatic carbocycles. The van der Waals surface area contributed by atoms with Crippen LogP contribution in [0.5, 0.6) is 5.75 Å². The second kappa shape index (κ2) is 8.11. The molecule has 1 atom stereocenters. The summed E-state index contributed by atoms with van der Waals surface area (Å²) in [7, 11) is 0. The number of ether oxygens (including phenoxy) is 1. The van der Waals surface area contributed by atoms with Gasteiger partial charge in [0, 0.05) is 0 Å². The zero-order valence-electron chi connectivity index (χ0n) is 18.6. The molecule has 3 heterocycles. The van der Waals surface area contributed by atoms with Crippen molar-refractivity contribution in [1.82, 2.24) is 4.98 Å². The van der Waals surface area contributed by atoms with E-state index in [1.807, 2.05) is 13.0 Å². The molecule has 1 unspecified atom stereocenters. The molecule has 5 rings (SSSR count). The van der Waals surface area contributed by atoms with Crippen molar-refractivity contribution in [3.63, 3.8) is 0 Å². The molecule has 0 saturated carbocycles. The lowest BCUT2D eigenvalue weighted by Gasteiger charge is -2.22. The van der Waals surface area contributed by atoms with Crippen LogP contribution in [0, 0.1) is 13.8 Å². The highest BCUT2D eigenvalue weighted by Gasteiger charge is 2.45. The van der Waals surface area contributed by atoms with E-state index in [9.17, 15) is 19.5 Å². The molecular weight excluding hydrogens is 456 g/mol. The number of hydrogen-bond acceptors (Lipinski definition) is 8. The number of esters is 1. The summed E-state index contributed by atoms with van der Waals surface area (Å²) in [6, 6.07) is 10.6. The maximum absolute atomic E-state index is 13.6. The Kier molecular flexibility index (Phi) is 5.21. The van der Waals surface area contributed by atoms with Gasteiger partial charge in [-0.05, 0) is 50.6 Å². The highest BCUT2D eigenvalue weighted by molar-refractivity contribution is 7.17. The third-order valence-corrected chi connectivity index (χ3v) is 6.82. The van der Waals surface area contributed by atoms with Gasteiger partial charge in [0.1, 0.15) is 16.2 Å². The molecule has 4 aromatic rings. The number of phenolic OH excluding ortho intramolecular Hbond substituents is 1. The standard InChI is InChI=1S/C25H20N2O6S/c1-4-32-24(31)22-13(3)26-25(34-22)27-19(14-6-8-15(28)9-7-14)18-20(29)16-11-12(2)5-10-17(16)33-21(18)23(27)30/h5-11,19,28H,4H2,1-3H3. The van der Waals surface area contributed by atoms with Gasteiger partial charge in [-0.15, -0.1) is 0 Å². The number of fused-ring (bicyclic) bond motifs is 2. The molecule has 2 aromatic carbocycles. The van der Waals surface area contributed by atoms with Gasteiger partial charge in [0.05, 0.1) is 29.3 Å². The number of thiazole rings is 1. The van der Waals surface area contributed by atoms with Crippen LogP contribution in [0.2, 0.25) is 0 Å². The van der Waals surface area contributed by atoms with E-state index in [1.54, 1.807) is 38.1 Å². The van der Waals surface area contributed by atoms with Gasteiger partial charge in [0.2, 0.25) is 5.76 Å². The minimum atomic E-state index is -0.843. The second-order valence-electron chi connectivity index (χ2n) is 7.97. The molecule has 2 aromatic heterocycles. The van der Waals surface area contributed by atoms with Crippen molar-refractivity contribution in [3.8, 4) is 5.75 Å². The first-order chi connectivity index (χ1) is 16.3. The normalized spacial score (nSPS) is 15.1. The summed E-state index contributed by atoms with van der Waals surface area (Å²) in [5.74, 6) is -1.07. The molecule has 1 amide bonds. The van der Waals surface area contributed by atoms with E-state index in [0.29, 0.717) is 22.2 Å². The highest BCUT2D eigenvalue weighted by atomic mass is 32.1. The number of rotatable bonds is 4. The van der Waals surface area contributed by atoms with Gasteiger partial charge in [-0.1, -0.05) is 35.1 Å². The molecule has 0 bridgehead atoms. The third kappa shape index (κ3) is 3.36. The molecular formula is C25H20N2O6S. The van der Waals surface area contributed by atoms with Crippen molar-refractivity contribution in [2.24, 2.45) is 0 Å². The summed E-state index contributed by atoms with van der Waals surface area (Å²) in [5, 5.41) is 10.4. The van der Waals surface area contributed by atoms with Crippen LogP contribution in [0.4, 0.5) is 5.13 Å². The Labute approximate surface area is 198 Å². The Morgan fingerprint density at radius 3 is 2.62 bits per heavy atom. The first-order valence-electron chi connectivity index (χ1n) is 10.6. The van der Waals surface area contributed by atoms with Gasteiger partial charge in [0.25, 0.3) is 5.91 Å². The summed E-state index contributed by atoms with van der Waals surface area (Å²) in [6.45, 7) is 5.45. The number of hydrogen-bond donors (Lipinski definition) is 1. The number of nitrogens with zero attached hydrogens (tertiary/aromatic N) is 2. The van der Waals surface area contributed by atoms with E-state index in [-0.39, 0.29) is 39.1 Å². The zero-order valence-corrected chi connectivity index (χ0v) is 19.4. The number of anilines is 1. The number of benzene rings is 2. The monoisotopic (exact) mass is 476 g/mol. The first-order valence-corrected chi connectivity index (χ1v) is 11.5. The van der Waals surface area contributed by atoms with Crippen molar-refractivity contribution in [1.29, 1.82) is 0 Å². The summed E-state index contributed by atoms with van der Waals surface area (Å²) >= 11 is 1.02. The SMILES string of the molecule is CCOC(=O)c1sc(N2C(=O)c3oc4ccc(C)cc4c(=O)c3C2c2ccc(O)cc2)nc1C. The third-order valence-electron chi connectivity index (χ3n) is 5.69. The predicted molar refractivity (Wildman–Crippen MR) is 127 cm³/mol. The second-order valence-corrected chi connectivity index (χ2v) is 8.95. The number of carbonyl (C=O) groups excluding carboxylic acids is 2. The van der Waals surface area contributed by atoms with Crippen LogP contribution in [0.3, 0.4) is 0 Å². The molecule has 0 saturated heterocycles. The lowest BCUT2D eigenvalue weighted by Crippen LogP contribution is -2.29. The molecule has 9 heteroatoms. The van der Waals surface area contributed by atoms with Crippen molar-refractivity contribution in [2.75, 3.05) is 11.5 Å². The number of carbonyl (C=O) groups is 2. The largest absolute Gasteiger partial charge is 0.508 e. The van der Waals surface area contributed by atoms with Crippen LogP contribution in [0.25, 0.3) is 11.0 Å². The summed E-state index contributed by atoms with van der Waals surface area (Å²) < 4.78 is 11.1. The Hall–Kier alpha value is -3.98. The Bertz CT molecular complexity index is 1520. The molecule has 8 nitrogen and oxygen atoms in total. The van der Waals surface area contributed by atoms with Crippen LogP contribution < -0.4 is 10.3 Å². The van der Waals surface area contributed by atoms with Gasteiger partial charge >= 0.3 is 5.97 Å². The average molecular weight is 477 g/mol. The highest BCUT2D eigenvalue weighted by Crippen LogP contribution is 2.43. The maximum atomic E-state index is 13.6. The van der Waals surface area contributed by atoms with Crippen LogP contribution >= 0.6 is 11.3 Å². The molecule has 1 N–H and O–H groups in total. The Balaban J connectivity index is 1.75. The van der Waals surface area contributed by atoms with E-state index in [0.717, 1.165) is 16.9 Å². The summed E-state index contributed by atoms with van der Waals surface area (Å²) in [5.41, 5.74) is 2.10. The maximum Gasteiger partial charge on any atom is 0.350 e. The van der Waals surface area contributed by atoms with E-state index in [2.05, 4.69) is 4.98 Å². The molecule has 34 heavy (non-hydrogen) atoms. The van der Waals surface area contributed by atoms with E-state index in [4.69, 9.17) is 9.15 Å². The van der Waals surface area contributed by atoms with Crippen molar-refractivity contribution < 1.29 is 23.8 Å². The number of aryl methyl sites for hydroxylation is 2. The van der Waals surface area contributed by atoms with Gasteiger partial charge in [-0.3, -0.25) is 14.5 Å². The van der Waals surface area contributed by atoms with Crippen molar-refractivity contribution >= 4 is 39.3 Å². The summed E-state index contributed by atoms with van der Waals surface area (Å²) in [4.78, 5) is 45.7. The van der Waals surface area contributed by atoms with Crippen LogP contribution in [-0.4, -0.2) is 28.6 Å². The van der Waals surface area contributed by atoms with E-state index >= 15 is 0 Å².